The van der Waals surface area contributed by atoms with Crippen LogP contribution in [0.25, 0.3) is 11.2 Å². The van der Waals surface area contributed by atoms with E-state index in [0.29, 0.717) is 16.5 Å². The molecule has 2 heterocycles. The summed E-state index contributed by atoms with van der Waals surface area (Å²) in [5, 5.41) is 3.26. The zero-order valence-electron chi connectivity index (χ0n) is 10.7. The van der Waals surface area contributed by atoms with Crippen LogP contribution in [0.1, 0.15) is 0 Å². The molecule has 7 heteroatoms. The van der Waals surface area contributed by atoms with Gasteiger partial charge >= 0.3 is 0 Å². The zero-order valence-corrected chi connectivity index (χ0v) is 13.1. The number of thioether (sulfide) groups is 1. The van der Waals surface area contributed by atoms with Gasteiger partial charge in [0.1, 0.15) is 0 Å². The van der Waals surface area contributed by atoms with Crippen molar-refractivity contribution in [2.24, 2.45) is 0 Å². The smallest absolute Gasteiger partial charge is 0.258 e. The van der Waals surface area contributed by atoms with E-state index in [4.69, 9.17) is 4.42 Å². The van der Waals surface area contributed by atoms with Crippen LogP contribution in [-0.2, 0) is 4.79 Å². The van der Waals surface area contributed by atoms with Crippen LogP contribution in [0.2, 0.25) is 0 Å². The van der Waals surface area contributed by atoms with Crippen molar-refractivity contribution in [2.45, 2.75) is 5.22 Å². The van der Waals surface area contributed by atoms with Gasteiger partial charge in [-0.15, -0.1) is 0 Å². The summed E-state index contributed by atoms with van der Waals surface area (Å²) in [5.41, 5.74) is 1.90. The highest BCUT2D eigenvalue weighted by Crippen LogP contribution is 2.24. The number of pyridine rings is 1. The number of oxazole rings is 1. The van der Waals surface area contributed by atoms with Crippen LogP contribution in [0, 0.1) is 0 Å². The van der Waals surface area contributed by atoms with Gasteiger partial charge in [-0.25, -0.2) is 4.98 Å². The number of hydrogen-bond acceptors (Lipinski definition) is 5. The molecule has 0 radical (unpaired) electrons. The molecule has 3 aromatic rings. The molecule has 0 aliphatic heterocycles. The molecular formula is C14H10BrN3O2S. The van der Waals surface area contributed by atoms with Crippen molar-refractivity contribution in [3.63, 3.8) is 0 Å². The summed E-state index contributed by atoms with van der Waals surface area (Å²) in [6, 6.07) is 11.0. The molecule has 0 unspecified atom stereocenters. The Morgan fingerprint density at radius 2 is 2.14 bits per heavy atom. The number of benzene rings is 1. The van der Waals surface area contributed by atoms with Gasteiger partial charge in [0.05, 0.1) is 11.4 Å². The maximum atomic E-state index is 11.9. The van der Waals surface area contributed by atoms with E-state index in [0.717, 1.165) is 10.2 Å². The molecule has 106 valence electrons. The number of amides is 1. The Balaban J connectivity index is 1.62. The maximum Gasteiger partial charge on any atom is 0.258 e. The number of carbonyl (C=O) groups excluding carboxylic acids is 1. The molecule has 1 amide bonds. The van der Waals surface area contributed by atoms with Crippen LogP contribution in [0.4, 0.5) is 5.69 Å². The predicted octanol–water partition coefficient (Wildman–Crippen LogP) is 3.72. The lowest BCUT2D eigenvalue weighted by Gasteiger charge is -2.05. The number of halogens is 1. The molecule has 3 rings (SSSR count). The Labute approximate surface area is 133 Å². The first-order valence-electron chi connectivity index (χ1n) is 6.11. The van der Waals surface area contributed by atoms with Gasteiger partial charge in [-0.05, 0) is 40.2 Å². The SMILES string of the molecule is O=C(CSc1nc2ncccc2o1)Nc1ccccc1Br. The van der Waals surface area contributed by atoms with Crippen molar-refractivity contribution < 1.29 is 9.21 Å². The number of anilines is 1. The molecule has 0 saturated carbocycles. The van der Waals surface area contributed by atoms with Gasteiger partial charge in [-0.2, -0.15) is 4.98 Å². The molecule has 0 atom stereocenters. The minimum absolute atomic E-state index is 0.123. The van der Waals surface area contributed by atoms with Crippen LogP contribution in [0.15, 0.2) is 56.7 Å². The van der Waals surface area contributed by atoms with Gasteiger partial charge < -0.3 is 9.73 Å². The standard InChI is InChI=1S/C14H10BrN3O2S/c15-9-4-1-2-5-10(9)17-12(19)8-21-14-18-13-11(20-14)6-3-7-16-13/h1-7H,8H2,(H,17,19). The summed E-state index contributed by atoms with van der Waals surface area (Å²) >= 11 is 4.62. The number of nitrogens with zero attached hydrogens (tertiary/aromatic N) is 2. The lowest BCUT2D eigenvalue weighted by molar-refractivity contribution is -0.113. The molecule has 0 spiro atoms. The summed E-state index contributed by atoms with van der Waals surface area (Å²) in [7, 11) is 0. The number of hydrogen-bond donors (Lipinski definition) is 1. The topological polar surface area (TPSA) is 68.0 Å². The minimum Gasteiger partial charge on any atom is -0.430 e. The number of aromatic nitrogens is 2. The molecule has 0 saturated heterocycles. The lowest BCUT2D eigenvalue weighted by Crippen LogP contribution is -2.14. The average Bonchev–Trinajstić information content (AvgIpc) is 2.90. The first-order chi connectivity index (χ1) is 10.2. The quantitative estimate of drug-likeness (QED) is 0.715. The number of nitrogens with one attached hydrogen (secondary N) is 1. The number of carbonyl (C=O) groups is 1. The average molecular weight is 364 g/mol. The molecule has 21 heavy (non-hydrogen) atoms. The third-order valence-electron chi connectivity index (χ3n) is 2.62. The molecule has 1 aromatic carbocycles. The first-order valence-corrected chi connectivity index (χ1v) is 7.89. The Bertz CT molecular complexity index is 757. The van der Waals surface area contributed by atoms with E-state index in [1.54, 1.807) is 18.3 Å². The van der Waals surface area contributed by atoms with Gasteiger partial charge in [-0.3, -0.25) is 4.79 Å². The summed E-state index contributed by atoms with van der Waals surface area (Å²) in [5.74, 6) is 0.0934. The molecular weight excluding hydrogens is 354 g/mol. The van der Waals surface area contributed by atoms with E-state index in [1.807, 2.05) is 24.3 Å². The van der Waals surface area contributed by atoms with E-state index in [1.165, 1.54) is 11.8 Å². The number of para-hydroxylation sites is 1. The van der Waals surface area contributed by atoms with Gasteiger partial charge in [0.2, 0.25) is 5.91 Å². The van der Waals surface area contributed by atoms with Crippen LogP contribution in [0.3, 0.4) is 0 Å². The Kier molecular flexibility index (Phi) is 4.21. The van der Waals surface area contributed by atoms with Crippen LogP contribution in [-0.4, -0.2) is 21.6 Å². The predicted molar refractivity (Wildman–Crippen MR) is 85.3 cm³/mol. The van der Waals surface area contributed by atoms with Gasteiger partial charge in [0.25, 0.3) is 5.22 Å². The highest BCUT2D eigenvalue weighted by molar-refractivity contribution is 9.10. The van der Waals surface area contributed by atoms with Crippen molar-refractivity contribution >= 4 is 50.5 Å². The molecule has 2 aromatic heterocycles. The molecule has 5 nitrogen and oxygen atoms in total. The fourth-order valence-corrected chi connectivity index (χ4v) is 2.70. The van der Waals surface area contributed by atoms with E-state index in [-0.39, 0.29) is 11.7 Å². The van der Waals surface area contributed by atoms with Gasteiger partial charge in [-0.1, -0.05) is 23.9 Å². The monoisotopic (exact) mass is 363 g/mol. The van der Waals surface area contributed by atoms with Crippen molar-refractivity contribution in [3.05, 3.63) is 47.1 Å². The lowest BCUT2D eigenvalue weighted by atomic mass is 10.3. The molecule has 0 aliphatic carbocycles. The Morgan fingerprint density at radius 1 is 1.29 bits per heavy atom. The van der Waals surface area contributed by atoms with Crippen molar-refractivity contribution in [1.29, 1.82) is 0 Å². The second-order valence-electron chi connectivity index (χ2n) is 4.12. The third kappa shape index (κ3) is 3.43. The zero-order chi connectivity index (χ0) is 14.7. The van der Waals surface area contributed by atoms with Crippen molar-refractivity contribution in [1.82, 2.24) is 9.97 Å². The molecule has 0 bridgehead atoms. The summed E-state index contributed by atoms with van der Waals surface area (Å²) < 4.78 is 6.33. The largest absolute Gasteiger partial charge is 0.430 e. The fraction of sp³-hybridized carbons (Fsp3) is 0.0714. The number of rotatable bonds is 4. The summed E-state index contributed by atoms with van der Waals surface area (Å²) in [4.78, 5) is 20.2. The minimum atomic E-state index is -0.123. The second kappa shape index (κ2) is 6.28. The van der Waals surface area contributed by atoms with Crippen molar-refractivity contribution in [3.8, 4) is 0 Å². The Morgan fingerprint density at radius 3 is 2.95 bits per heavy atom. The van der Waals surface area contributed by atoms with Crippen LogP contribution in [0.5, 0.6) is 0 Å². The van der Waals surface area contributed by atoms with Crippen LogP contribution < -0.4 is 5.32 Å². The first kappa shape index (κ1) is 14.1. The van der Waals surface area contributed by atoms with E-state index < -0.39 is 0 Å². The second-order valence-corrected chi connectivity index (χ2v) is 5.90. The maximum absolute atomic E-state index is 11.9. The van der Waals surface area contributed by atoms with Gasteiger partial charge in [0, 0.05) is 10.7 Å². The fourth-order valence-electron chi connectivity index (χ4n) is 1.69. The summed E-state index contributed by atoms with van der Waals surface area (Å²) in [6.45, 7) is 0. The third-order valence-corrected chi connectivity index (χ3v) is 4.14. The highest BCUT2D eigenvalue weighted by atomic mass is 79.9. The molecule has 0 fully saturated rings. The summed E-state index contributed by atoms with van der Waals surface area (Å²) in [6.07, 6.45) is 1.65. The van der Waals surface area contributed by atoms with Crippen LogP contribution >= 0.6 is 27.7 Å². The normalized spacial score (nSPS) is 10.7. The highest BCUT2D eigenvalue weighted by Gasteiger charge is 2.10. The Hall–Kier alpha value is -1.86. The molecule has 1 N–H and O–H groups in total. The molecule has 0 aliphatic rings. The number of fused-ring (bicyclic) bond motifs is 1. The van der Waals surface area contributed by atoms with E-state index in [2.05, 4.69) is 31.2 Å². The van der Waals surface area contributed by atoms with E-state index >= 15 is 0 Å². The van der Waals surface area contributed by atoms with Crippen molar-refractivity contribution in [2.75, 3.05) is 11.1 Å². The van der Waals surface area contributed by atoms with Gasteiger partial charge in [0.15, 0.2) is 11.2 Å². The van der Waals surface area contributed by atoms with E-state index in [9.17, 15) is 4.79 Å².